The van der Waals surface area contributed by atoms with Crippen LogP contribution in [0.4, 0.5) is 8.78 Å². The highest BCUT2D eigenvalue weighted by atomic mass is 19.3. The summed E-state index contributed by atoms with van der Waals surface area (Å²) in [5, 5.41) is 0. The van der Waals surface area contributed by atoms with Crippen molar-refractivity contribution in [3.05, 3.63) is 34.9 Å². The average Bonchev–Trinajstić information content (AvgIpc) is 2.05. The topological polar surface area (TPSA) is 17.1 Å². The van der Waals surface area contributed by atoms with Crippen LogP contribution in [0.2, 0.25) is 0 Å². The molecule has 0 bridgehead atoms. The van der Waals surface area contributed by atoms with Crippen LogP contribution in [0.1, 0.15) is 27.9 Å². The molecule has 0 N–H and O–H groups in total. The first-order chi connectivity index (χ1) is 5.65. The maximum atomic E-state index is 12.2. The van der Waals surface area contributed by atoms with Gasteiger partial charge in [0.1, 0.15) is 6.29 Å². The van der Waals surface area contributed by atoms with Gasteiger partial charge in [0.25, 0.3) is 6.43 Å². The molecule has 0 fully saturated rings. The smallest absolute Gasteiger partial charge is 0.264 e. The Morgan fingerprint density at radius 3 is 2.58 bits per heavy atom. The second-order valence-corrected chi connectivity index (χ2v) is 2.53. The van der Waals surface area contributed by atoms with E-state index in [9.17, 15) is 13.6 Å². The number of alkyl halides is 2. The molecule has 1 aromatic rings. The van der Waals surface area contributed by atoms with E-state index in [4.69, 9.17) is 0 Å². The van der Waals surface area contributed by atoms with Crippen molar-refractivity contribution >= 4 is 6.29 Å². The lowest BCUT2D eigenvalue weighted by Crippen LogP contribution is -1.91. The van der Waals surface area contributed by atoms with Gasteiger partial charge in [0.2, 0.25) is 0 Å². The third kappa shape index (κ3) is 1.67. The van der Waals surface area contributed by atoms with Gasteiger partial charge in [-0.25, -0.2) is 8.78 Å². The fraction of sp³-hybridized carbons (Fsp3) is 0.222. The SMILES string of the molecule is Cc1ccc(C=O)cc1C(F)F. The van der Waals surface area contributed by atoms with Crippen LogP contribution in [0.3, 0.4) is 0 Å². The first-order valence-electron chi connectivity index (χ1n) is 3.49. The van der Waals surface area contributed by atoms with Gasteiger partial charge >= 0.3 is 0 Å². The highest BCUT2D eigenvalue weighted by molar-refractivity contribution is 5.75. The van der Waals surface area contributed by atoms with Crippen LogP contribution in [-0.2, 0) is 0 Å². The minimum Gasteiger partial charge on any atom is -0.298 e. The predicted octanol–water partition coefficient (Wildman–Crippen LogP) is 2.75. The molecule has 0 spiro atoms. The molecule has 0 heterocycles. The zero-order chi connectivity index (χ0) is 9.14. The highest BCUT2D eigenvalue weighted by Gasteiger charge is 2.10. The molecule has 0 saturated heterocycles. The minimum atomic E-state index is -2.51. The molecule has 0 aliphatic carbocycles. The normalized spacial score (nSPS) is 10.3. The van der Waals surface area contributed by atoms with Crippen LogP contribution < -0.4 is 0 Å². The van der Waals surface area contributed by atoms with Crippen LogP contribution in [0.25, 0.3) is 0 Å². The molecule has 64 valence electrons. The molecule has 12 heavy (non-hydrogen) atoms. The van der Waals surface area contributed by atoms with E-state index in [2.05, 4.69) is 0 Å². The summed E-state index contributed by atoms with van der Waals surface area (Å²) in [6.45, 7) is 1.59. The lowest BCUT2D eigenvalue weighted by atomic mass is 10.1. The Morgan fingerprint density at radius 1 is 1.42 bits per heavy atom. The van der Waals surface area contributed by atoms with Crippen LogP contribution >= 0.6 is 0 Å². The number of hydrogen-bond donors (Lipinski definition) is 0. The van der Waals surface area contributed by atoms with Gasteiger partial charge in [0, 0.05) is 11.1 Å². The third-order valence-corrected chi connectivity index (χ3v) is 1.67. The standard InChI is InChI=1S/C9H8F2O/c1-6-2-3-7(5-12)4-8(6)9(10)11/h2-5,9H,1H3. The molecule has 1 rings (SSSR count). The van der Waals surface area contributed by atoms with Crippen LogP contribution in [0.15, 0.2) is 18.2 Å². The van der Waals surface area contributed by atoms with Crippen molar-refractivity contribution in [1.82, 2.24) is 0 Å². The summed E-state index contributed by atoms with van der Waals surface area (Å²) < 4.78 is 24.5. The van der Waals surface area contributed by atoms with Crippen molar-refractivity contribution < 1.29 is 13.6 Å². The van der Waals surface area contributed by atoms with Gasteiger partial charge in [-0.15, -0.1) is 0 Å². The fourth-order valence-electron chi connectivity index (χ4n) is 0.967. The summed E-state index contributed by atoms with van der Waals surface area (Å²) in [5.74, 6) is 0. The van der Waals surface area contributed by atoms with Crippen LogP contribution in [0.5, 0.6) is 0 Å². The maximum absolute atomic E-state index is 12.2. The number of hydrogen-bond acceptors (Lipinski definition) is 1. The molecule has 1 aromatic carbocycles. The molecule has 0 saturated carbocycles. The van der Waals surface area contributed by atoms with Gasteiger partial charge < -0.3 is 0 Å². The van der Waals surface area contributed by atoms with E-state index in [1.54, 1.807) is 6.92 Å². The van der Waals surface area contributed by atoms with Crippen LogP contribution in [0, 0.1) is 6.92 Å². The molecule has 1 nitrogen and oxygen atoms in total. The highest BCUT2D eigenvalue weighted by Crippen LogP contribution is 2.22. The minimum absolute atomic E-state index is 0.0698. The lowest BCUT2D eigenvalue weighted by Gasteiger charge is -2.03. The number of benzene rings is 1. The van der Waals surface area contributed by atoms with Crippen molar-refractivity contribution in [2.24, 2.45) is 0 Å². The number of aryl methyl sites for hydroxylation is 1. The monoisotopic (exact) mass is 170 g/mol. The molecular formula is C9H8F2O. The Labute approximate surface area is 69.0 Å². The average molecular weight is 170 g/mol. The second-order valence-electron chi connectivity index (χ2n) is 2.53. The second kappa shape index (κ2) is 3.43. The first kappa shape index (κ1) is 8.84. The predicted molar refractivity (Wildman–Crippen MR) is 41.5 cm³/mol. The molecule has 0 atom stereocenters. The van der Waals surface area contributed by atoms with Gasteiger partial charge in [0.15, 0.2) is 0 Å². The fourth-order valence-corrected chi connectivity index (χ4v) is 0.967. The van der Waals surface area contributed by atoms with Gasteiger partial charge in [0.05, 0.1) is 0 Å². The largest absolute Gasteiger partial charge is 0.298 e. The first-order valence-corrected chi connectivity index (χ1v) is 3.49. The Bertz CT molecular complexity index is 295. The summed E-state index contributed by atoms with van der Waals surface area (Å²) in [6.07, 6.45) is -1.95. The van der Waals surface area contributed by atoms with E-state index < -0.39 is 6.43 Å². The summed E-state index contributed by atoms with van der Waals surface area (Å²) >= 11 is 0. The number of halogens is 2. The Morgan fingerprint density at radius 2 is 2.08 bits per heavy atom. The maximum Gasteiger partial charge on any atom is 0.264 e. The molecule has 0 radical (unpaired) electrons. The molecule has 0 aromatic heterocycles. The van der Waals surface area contributed by atoms with E-state index in [0.29, 0.717) is 11.8 Å². The zero-order valence-electron chi connectivity index (χ0n) is 6.55. The number of carbonyl (C=O) groups is 1. The molecule has 0 aliphatic rings. The van der Waals surface area contributed by atoms with E-state index in [1.165, 1.54) is 18.2 Å². The van der Waals surface area contributed by atoms with Gasteiger partial charge in [-0.3, -0.25) is 4.79 Å². The Kier molecular flexibility index (Phi) is 2.53. The van der Waals surface area contributed by atoms with Crippen molar-refractivity contribution in [2.45, 2.75) is 13.3 Å². The van der Waals surface area contributed by atoms with Crippen molar-refractivity contribution in [2.75, 3.05) is 0 Å². The molecule has 3 heteroatoms. The number of rotatable bonds is 2. The van der Waals surface area contributed by atoms with Gasteiger partial charge in [-0.1, -0.05) is 12.1 Å². The van der Waals surface area contributed by atoms with Crippen molar-refractivity contribution in [3.63, 3.8) is 0 Å². The third-order valence-electron chi connectivity index (χ3n) is 1.67. The van der Waals surface area contributed by atoms with Gasteiger partial charge in [-0.2, -0.15) is 0 Å². The molecule has 0 amide bonds. The van der Waals surface area contributed by atoms with E-state index in [0.717, 1.165) is 0 Å². The summed E-state index contributed by atoms with van der Waals surface area (Å²) in [6, 6.07) is 4.26. The lowest BCUT2D eigenvalue weighted by molar-refractivity contribution is 0.112. The summed E-state index contributed by atoms with van der Waals surface area (Å²) in [4.78, 5) is 10.2. The number of aldehydes is 1. The Balaban J connectivity index is 3.16. The van der Waals surface area contributed by atoms with E-state index in [-0.39, 0.29) is 11.1 Å². The van der Waals surface area contributed by atoms with Crippen molar-refractivity contribution in [1.29, 1.82) is 0 Å². The molecule has 0 aliphatic heterocycles. The van der Waals surface area contributed by atoms with E-state index >= 15 is 0 Å². The van der Waals surface area contributed by atoms with Crippen LogP contribution in [-0.4, -0.2) is 6.29 Å². The summed E-state index contributed by atoms with van der Waals surface area (Å²) in [7, 11) is 0. The quantitative estimate of drug-likeness (QED) is 0.623. The molecule has 0 unspecified atom stereocenters. The summed E-state index contributed by atoms with van der Waals surface area (Å²) in [5.41, 5.74) is 0.728. The van der Waals surface area contributed by atoms with E-state index in [1.807, 2.05) is 0 Å². The van der Waals surface area contributed by atoms with Crippen molar-refractivity contribution in [3.8, 4) is 0 Å². The zero-order valence-corrected chi connectivity index (χ0v) is 6.55. The van der Waals surface area contributed by atoms with Gasteiger partial charge in [-0.05, 0) is 18.6 Å². The Hall–Kier alpha value is -1.25. The molecular weight excluding hydrogens is 162 g/mol. The number of carbonyl (C=O) groups excluding carboxylic acids is 1.